The van der Waals surface area contributed by atoms with Crippen molar-refractivity contribution in [2.24, 2.45) is 0 Å². The fraction of sp³-hybridized carbons (Fsp3) is 0.176. The highest BCUT2D eigenvalue weighted by atomic mass is 35.5. The third-order valence-electron chi connectivity index (χ3n) is 3.24. The molecule has 0 aromatic heterocycles. The zero-order chi connectivity index (χ0) is 18.6. The molecule has 1 amide bonds. The van der Waals surface area contributed by atoms with Crippen LogP contribution in [0.4, 0.5) is 14.5 Å². The number of hydrogen-bond donors (Lipinski definition) is 1. The predicted molar refractivity (Wildman–Crippen MR) is 87.9 cm³/mol. The minimum atomic E-state index is -1.31. The van der Waals surface area contributed by atoms with Crippen LogP contribution in [-0.4, -0.2) is 25.1 Å². The van der Waals surface area contributed by atoms with Gasteiger partial charge >= 0.3 is 5.97 Å². The zero-order valence-electron chi connectivity index (χ0n) is 13.3. The number of carbonyl (C=O) groups is 2. The number of benzene rings is 2. The first kappa shape index (κ1) is 18.7. The van der Waals surface area contributed by atoms with E-state index in [1.54, 1.807) is 12.1 Å². The van der Waals surface area contributed by atoms with E-state index in [0.717, 1.165) is 18.2 Å². The summed E-state index contributed by atoms with van der Waals surface area (Å²) in [5, 5.41) is 2.83. The first-order valence-electron chi connectivity index (χ1n) is 7.13. The van der Waals surface area contributed by atoms with Crippen LogP contribution in [0.1, 0.15) is 17.3 Å². The monoisotopic (exact) mass is 369 g/mol. The van der Waals surface area contributed by atoms with Crippen molar-refractivity contribution in [2.75, 3.05) is 12.4 Å². The molecule has 0 aliphatic rings. The van der Waals surface area contributed by atoms with Crippen LogP contribution >= 0.6 is 11.6 Å². The van der Waals surface area contributed by atoms with Gasteiger partial charge in [0.2, 0.25) is 0 Å². The van der Waals surface area contributed by atoms with Crippen LogP contribution in [0.3, 0.4) is 0 Å². The lowest BCUT2D eigenvalue weighted by atomic mass is 10.2. The average Bonchev–Trinajstić information content (AvgIpc) is 2.54. The van der Waals surface area contributed by atoms with Crippen LogP contribution < -0.4 is 10.1 Å². The van der Waals surface area contributed by atoms with Gasteiger partial charge in [0.1, 0.15) is 22.9 Å². The number of esters is 1. The Kier molecular flexibility index (Phi) is 5.93. The van der Waals surface area contributed by atoms with Gasteiger partial charge in [-0.15, -0.1) is 0 Å². The van der Waals surface area contributed by atoms with Crippen molar-refractivity contribution < 1.29 is 27.8 Å². The van der Waals surface area contributed by atoms with Gasteiger partial charge in [-0.1, -0.05) is 17.7 Å². The molecule has 0 saturated carbocycles. The van der Waals surface area contributed by atoms with Crippen LogP contribution in [0.25, 0.3) is 0 Å². The Labute approximate surface area is 147 Å². The van der Waals surface area contributed by atoms with E-state index >= 15 is 0 Å². The second kappa shape index (κ2) is 7.94. The Bertz CT molecular complexity index is 793. The lowest BCUT2D eigenvalue weighted by Crippen LogP contribution is -2.30. The summed E-state index contributed by atoms with van der Waals surface area (Å²) in [7, 11) is 1.41. The van der Waals surface area contributed by atoms with E-state index in [9.17, 15) is 18.4 Å². The number of carbonyl (C=O) groups excluding carboxylic acids is 2. The van der Waals surface area contributed by atoms with E-state index in [-0.39, 0.29) is 5.69 Å². The third-order valence-corrected chi connectivity index (χ3v) is 3.47. The topological polar surface area (TPSA) is 64.6 Å². The summed E-state index contributed by atoms with van der Waals surface area (Å²) in [6.07, 6.45) is -1.31. The van der Waals surface area contributed by atoms with E-state index < -0.39 is 35.2 Å². The van der Waals surface area contributed by atoms with Gasteiger partial charge in [0.05, 0.1) is 12.8 Å². The summed E-state index contributed by atoms with van der Waals surface area (Å²) in [6.45, 7) is 1.27. The van der Waals surface area contributed by atoms with E-state index in [0.29, 0.717) is 10.8 Å². The Morgan fingerprint density at radius 2 is 1.80 bits per heavy atom. The highest BCUT2D eigenvalue weighted by Crippen LogP contribution is 2.28. The molecule has 0 saturated heterocycles. The molecule has 0 unspecified atom stereocenters. The van der Waals surface area contributed by atoms with Gasteiger partial charge in [-0.3, -0.25) is 4.79 Å². The Hall–Kier alpha value is -2.67. The molecular formula is C17H14ClF2NO4. The van der Waals surface area contributed by atoms with E-state index in [2.05, 4.69) is 5.32 Å². The first-order valence-corrected chi connectivity index (χ1v) is 7.50. The van der Waals surface area contributed by atoms with Crippen LogP contribution in [0.15, 0.2) is 36.4 Å². The van der Waals surface area contributed by atoms with E-state index in [1.807, 2.05) is 0 Å². The molecule has 0 aliphatic heterocycles. The summed E-state index contributed by atoms with van der Waals surface area (Å²) >= 11 is 5.86. The number of rotatable bonds is 5. The quantitative estimate of drug-likeness (QED) is 0.814. The molecule has 132 valence electrons. The minimum absolute atomic E-state index is 0.264. The van der Waals surface area contributed by atoms with Gasteiger partial charge in [-0.05, 0) is 37.3 Å². The molecule has 1 atom stereocenters. The number of ether oxygens (including phenoxy) is 2. The van der Waals surface area contributed by atoms with Crippen molar-refractivity contribution >= 4 is 29.2 Å². The van der Waals surface area contributed by atoms with Crippen LogP contribution in [0.2, 0.25) is 5.02 Å². The molecule has 0 bridgehead atoms. The molecule has 5 nitrogen and oxygen atoms in total. The van der Waals surface area contributed by atoms with Gasteiger partial charge < -0.3 is 14.8 Å². The number of hydrogen-bond acceptors (Lipinski definition) is 4. The molecule has 2 aromatic rings. The van der Waals surface area contributed by atoms with Crippen molar-refractivity contribution in [2.45, 2.75) is 13.0 Å². The Balaban J connectivity index is 2.11. The maximum absolute atomic E-state index is 13.6. The number of anilines is 1. The first-order chi connectivity index (χ1) is 11.8. The van der Waals surface area contributed by atoms with Crippen LogP contribution in [-0.2, 0) is 9.53 Å². The second-order valence-electron chi connectivity index (χ2n) is 4.98. The van der Waals surface area contributed by atoms with E-state index in [4.69, 9.17) is 21.1 Å². The summed E-state index contributed by atoms with van der Waals surface area (Å²) < 4.78 is 37.1. The largest absolute Gasteiger partial charge is 0.495 e. The maximum Gasteiger partial charge on any atom is 0.344 e. The van der Waals surface area contributed by atoms with Gasteiger partial charge in [-0.2, -0.15) is 0 Å². The SMILES string of the molecule is COc1ccc(Cl)cc1NC(=O)[C@@H](C)OC(=O)c1c(F)cccc1F. The normalized spacial score (nSPS) is 11.6. The lowest BCUT2D eigenvalue weighted by molar-refractivity contribution is -0.123. The standard InChI is InChI=1S/C17H14ClF2NO4/c1-9(25-17(23)15-11(19)4-3-5-12(15)20)16(22)21-13-8-10(18)6-7-14(13)24-2/h3-9H,1-2H3,(H,21,22)/t9-/m1/s1. The van der Waals surface area contributed by atoms with Crippen molar-refractivity contribution in [3.05, 3.63) is 58.6 Å². The number of methoxy groups -OCH3 is 1. The summed E-state index contributed by atoms with van der Waals surface area (Å²) in [5.41, 5.74) is -0.595. The summed E-state index contributed by atoms with van der Waals surface area (Å²) in [5.74, 6) is -3.80. The average molecular weight is 370 g/mol. The van der Waals surface area contributed by atoms with Gasteiger partial charge in [-0.25, -0.2) is 13.6 Å². The van der Waals surface area contributed by atoms with Crippen LogP contribution in [0.5, 0.6) is 5.75 Å². The third kappa shape index (κ3) is 4.45. The molecular weight excluding hydrogens is 356 g/mol. The minimum Gasteiger partial charge on any atom is -0.495 e. The molecule has 0 heterocycles. The molecule has 0 spiro atoms. The van der Waals surface area contributed by atoms with Crippen molar-refractivity contribution in [3.8, 4) is 5.75 Å². The molecule has 0 fully saturated rings. The molecule has 2 rings (SSSR count). The smallest absolute Gasteiger partial charge is 0.344 e. The Morgan fingerprint density at radius 1 is 1.16 bits per heavy atom. The van der Waals surface area contributed by atoms with Gasteiger partial charge in [0.15, 0.2) is 6.10 Å². The van der Waals surface area contributed by atoms with Gasteiger partial charge in [0, 0.05) is 5.02 Å². The molecule has 2 aromatic carbocycles. The molecule has 8 heteroatoms. The molecule has 25 heavy (non-hydrogen) atoms. The zero-order valence-corrected chi connectivity index (χ0v) is 14.1. The van der Waals surface area contributed by atoms with Crippen molar-refractivity contribution in [3.63, 3.8) is 0 Å². The maximum atomic E-state index is 13.6. The Morgan fingerprint density at radius 3 is 2.40 bits per heavy atom. The van der Waals surface area contributed by atoms with Crippen molar-refractivity contribution in [1.29, 1.82) is 0 Å². The number of nitrogens with one attached hydrogen (secondary N) is 1. The van der Waals surface area contributed by atoms with Crippen LogP contribution in [0, 0.1) is 11.6 Å². The molecule has 1 N–H and O–H groups in total. The predicted octanol–water partition coefficient (Wildman–Crippen LogP) is 3.81. The van der Waals surface area contributed by atoms with Gasteiger partial charge in [0.25, 0.3) is 5.91 Å². The second-order valence-corrected chi connectivity index (χ2v) is 5.41. The highest BCUT2D eigenvalue weighted by Gasteiger charge is 2.24. The highest BCUT2D eigenvalue weighted by molar-refractivity contribution is 6.31. The van der Waals surface area contributed by atoms with Crippen molar-refractivity contribution in [1.82, 2.24) is 0 Å². The summed E-state index contributed by atoms with van der Waals surface area (Å²) in [6, 6.07) is 7.51. The number of amides is 1. The number of halogens is 3. The molecule has 0 radical (unpaired) electrons. The lowest BCUT2D eigenvalue weighted by Gasteiger charge is -2.15. The summed E-state index contributed by atoms with van der Waals surface area (Å²) in [4.78, 5) is 24.1. The fourth-order valence-electron chi connectivity index (χ4n) is 1.98. The molecule has 0 aliphatic carbocycles. The fourth-order valence-corrected chi connectivity index (χ4v) is 2.15. The van der Waals surface area contributed by atoms with E-state index in [1.165, 1.54) is 20.1 Å².